The molecule has 0 saturated heterocycles. The number of anilines is 1. The first kappa shape index (κ1) is 16.6. The van der Waals surface area contributed by atoms with Crippen molar-refractivity contribution in [3.63, 3.8) is 0 Å². The molecule has 0 bridgehead atoms. The zero-order valence-electron chi connectivity index (χ0n) is 12.2. The van der Waals surface area contributed by atoms with Crippen LogP contribution in [-0.4, -0.2) is 45.0 Å². The van der Waals surface area contributed by atoms with Gasteiger partial charge in [0.15, 0.2) is 0 Å². The molecule has 0 saturated carbocycles. The molecule has 0 amide bonds. The van der Waals surface area contributed by atoms with Crippen LogP contribution in [0.2, 0.25) is 0 Å². The Morgan fingerprint density at radius 2 is 1.74 bits per heavy atom. The van der Waals surface area contributed by atoms with Crippen LogP contribution in [0, 0.1) is 0 Å². The van der Waals surface area contributed by atoms with Gasteiger partial charge in [-0.05, 0) is 43.5 Å². The largest absolute Gasteiger partial charge is 0.508 e. The van der Waals surface area contributed by atoms with Crippen LogP contribution in [0.4, 0.5) is 5.69 Å². The normalized spacial score (nSPS) is 17.3. The summed E-state index contributed by atoms with van der Waals surface area (Å²) >= 11 is 0. The molecule has 8 heteroatoms. The minimum absolute atomic E-state index is 0.0228. The summed E-state index contributed by atoms with van der Waals surface area (Å²) in [6.45, 7) is -0.0370. The quantitative estimate of drug-likeness (QED) is 0.549. The number of rotatable bonds is 7. The molecule has 0 spiro atoms. The van der Waals surface area contributed by atoms with Crippen molar-refractivity contribution in [1.82, 2.24) is 0 Å². The van der Waals surface area contributed by atoms with E-state index in [0.717, 1.165) is 0 Å². The second kappa shape index (κ2) is 7.01. The van der Waals surface area contributed by atoms with Gasteiger partial charge in [0.1, 0.15) is 17.4 Å². The van der Waals surface area contributed by atoms with Gasteiger partial charge >= 0.3 is 11.9 Å². The molecule has 1 aliphatic heterocycles. The van der Waals surface area contributed by atoms with Gasteiger partial charge in [0, 0.05) is 6.61 Å². The van der Waals surface area contributed by atoms with Gasteiger partial charge in [-0.25, -0.2) is 14.7 Å². The first-order valence-electron chi connectivity index (χ1n) is 7.03. The molecule has 8 nitrogen and oxygen atoms in total. The fourth-order valence-corrected chi connectivity index (χ4v) is 2.42. The second-order valence-corrected chi connectivity index (χ2v) is 5.02. The maximum absolute atomic E-state index is 11.5. The minimum Gasteiger partial charge on any atom is -0.508 e. The van der Waals surface area contributed by atoms with Crippen molar-refractivity contribution >= 4 is 17.6 Å². The van der Waals surface area contributed by atoms with Crippen molar-refractivity contribution in [1.29, 1.82) is 0 Å². The summed E-state index contributed by atoms with van der Waals surface area (Å²) in [5.41, 5.74) is 0.0929. The highest BCUT2D eigenvalue weighted by Crippen LogP contribution is 2.35. The number of carboxylic acids is 2. The molecule has 1 heterocycles. The van der Waals surface area contributed by atoms with Crippen LogP contribution >= 0.6 is 0 Å². The SMILES string of the molecule is O=C(O)C1=C(C(=O)O)[C@@H](CCCCO)N(c2ccc(O)cc2)O1. The molecule has 1 atom stereocenters. The molecular formula is C15H17NO7. The molecule has 2 rings (SSSR count). The highest BCUT2D eigenvalue weighted by molar-refractivity contribution is 6.00. The van der Waals surface area contributed by atoms with Gasteiger partial charge in [-0.3, -0.25) is 0 Å². The van der Waals surface area contributed by atoms with Crippen molar-refractivity contribution < 1.29 is 34.9 Å². The number of aliphatic hydroxyl groups excluding tert-OH is 1. The third-order valence-electron chi connectivity index (χ3n) is 3.47. The lowest BCUT2D eigenvalue weighted by Crippen LogP contribution is -2.32. The number of carboxylic acid groups (broad SMARTS) is 2. The van der Waals surface area contributed by atoms with E-state index in [1.165, 1.54) is 29.3 Å². The van der Waals surface area contributed by atoms with Crippen LogP contribution < -0.4 is 5.06 Å². The van der Waals surface area contributed by atoms with Crippen LogP contribution in [0.5, 0.6) is 5.75 Å². The van der Waals surface area contributed by atoms with Gasteiger partial charge in [-0.2, -0.15) is 0 Å². The predicted molar refractivity (Wildman–Crippen MR) is 78.7 cm³/mol. The van der Waals surface area contributed by atoms with E-state index >= 15 is 0 Å². The number of aliphatic carboxylic acids is 2. The highest BCUT2D eigenvalue weighted by Gasteiger charge is 2.42. The lowest BCUT2D eigenvalue weighted by Gasteiger charge is -2.25. The number of carbonyl (C=O) groups is 2. The number of hydroxylamine groups is 1. The fourth-order valence-electron chi connectivity index (χ4n) is 2.42. The van der Waals surface area contributed by atoms with E-state index in [1.54, 1.807) is 0 Å². The van der Waals surface area contributed by atoms with Gasteiger partial charge in [0.25, 0.3) is 5.76 Å². The Kier molecular flexibility index (Phi) is 5.07. The average molecular weight is 323 g/mol. The van der Waals surface area contributed by atoms with E-state index < -0.39 is 23.7 Å². The van der Waals surface area contributed by atoms with Crippen LogP contribution in [0.15, 0.2) is 35.6 Å². The Bertz CT molecular complexity index is 623. The van der Waals surface area contributed by atoms with Gasteiger partial charge in [-0.15, -0.1) is 0 Å². The minimum atomic E-state index is -1.46. The summed E-state index contributed by atoms with van der Waals surface area (Å²) in [6.07, 6.45) is 1.28. The van der Waals surface area contributed by atoms with E-state index in [2.05, 4.69) is 0 Å². The molecule has 0 unspecified atom stereocenters. The first-order valence-corrected chi connectivity index (χ1v) is 7.03. The van der Waals surface area contributed by atoms with E-state index in [0.29, 0.717) is 24.9 Å². The van der Waals surface area contributed by atoms with Crippen LogP contribution in [0.25, 0.3) is 0 Å². The molecule has 0 aliphatic carbocycles. The average Bonchev–Trinajstić information content (AvgIpc) is 2.88. The van der Waals surface area contributed by atoms with Crippen molar-refractivity contribution in [2.75, 3.05) is 11.7 Å². The number of aromatic hydroxyl groups is 1. The lowest BCUT2D eigenvalue weighted by molar-refractivity contribution is -0.138. The fraction of sp³-hybridized carbons (Fsp3) is 0.333. The molecule has 1 aliphatic rings. The van der Waals surface area contributed by atoms with Crippen molar-refractivity contribution in [3.05, 3.63) is 35.6 Å². The Labute approximate surface area is 131 Å². The Morgan fingerprint density at radius 3 is 2.26 bits per heavy atom. The topological polar surface area (TPSA) is 128 Å². The third kappa shape index (κ3) is 3.54. The van der Waals surface area contributed by atoms with Gasteiger partial charge < -0.3 is 25.3 Å². The summed E-state index contributed by atoms with van der Waals surface area (Å²) in [4.78, 5) is 28.0. The molecule has 23 heavy (non-hydrogen) atoms. The van der Waals surface area contributed by atoms with Gasteiger partial charge in [-0.1, -0.05) is 0 Å². The standard InChI is InChI=1S/C15H17NO7/c17-8-2-1-3-11-12(14(19)20)13(15(21)22)23-16(11)9-4-6-10(18)7-5-9/h4-7,11,17-18H,1-3,8H2,(H,19,20)(H,21,22)/t11-/m1/s1. The maximum atomic E-state index is 11.5. The number of aliphatic hydroxyl groups is 1. The van der Waals surface area contributed by atoms with Crippen LogP contribution in [-0.2, 0) is 14.4 Å². The molecule has 1 aromatic carbocycles. The second-order valence-electron chi connectivity index (χ2n) is 5.02. The Morgan fingerprint density at radius 1 is 1.09 bits per heavy atom. The Balaban J connectivity index is 2.36. The number of unbranched alkanes of at least 4 members (excludes halogenated alkanes) is 1. The van der Waals surface area contributed by atoms with Crippen molar-refractivity contribution in [3.8, 4) is 5.75 Å². The molecule has 0 aromatic heterocycles. The summed E-state index contributed by atoms with van der Waals surface area (Å²) in [7, 11) is 0. The highest BCUT2D eigenvalue weighted by atomic mass is 16.7. The Hall–Kier alpha value is -2.74. The first-order chi connectivity index (χ1) is 11.0. The molecule has 4 N–H and O–H groups in total. The third-order valence-corrected chi connectivity index (χ3v) is 3.47. The molecule has 0 fully saturated rings. The summed E-state index contributed by atoms with van der Waals surface area (Å²) < 4.78 is 0. The van der Waals surface area contributed by atoms with Gasteiger partial charge in [0.05, 0.1) is 5.69 Å². The molecule has 0 radical (unpaired) electrons. The van der Waals surface area contributed by atoms with Crippen LogP contribution in [0.3, 0.4) is 0 Å². The smallest absolute Gasteiger partial charge is 0.375 e. The maximum Gasteiger partial charge on any atom is 0.375 e. The number of phenolic OH excluding ortho intramolecular Hbond substituents is 1. The van der Waals surface area contributed by atoms with Crippen molar-refractivity contribution in [2.45, 2.75) is 25.3 Å². The number of phenols is 1. The number of nitrogens with zero attached hydrogens (tertiary/aromatic N) is 1. The van der Waals surface area contributed by atoms with E-state index in [-0.39, 0.29) is 17.9 Å². The number of benzene rings is 1. The predicted octanol–water partition coefficient (Wildman–Crippen LogP) is 1.10. The van der Waals surface area contributed by atoms with Crippen molar-refractivity contribution in [2.24, 2.45) is 0 Å². The number of hydrogen-bond acceptors (Lipinski definition) is 6. The zero-order valence-corrected chi connectivity index (χ0v) is 12.2. The van der Waals surface area contributed by atoms with Gasteiger partial charge in [0.2, 0.25) is 0 Å². The molecular weight excluding hydrogens is 306 g/mol. The van der Waals surface area contributed by atoms with Crippen LogP contribution in [0.1, 0.15) is 19.3 Å². The van der Waals surface area contributed by atoms with E-state index in [1.807, 2.05) is 0 Å². The summed E-state index contributed by atoms with van der Waals surface area (Å²) in [6, 6.07) is 4.98. The number of hydrogen-bond donors (Lipinski definition) is 4. The lowest BCUT2D eigenvalue weighted by atomic mass is 10.00. The molecule has 1 aromatic rings. The van der Waals surface area contributed by atoms with E-state index in [4.69, 9.17) is 9.94 Å². The monoisotopic (exact) mass is 323 g/mol. The summed E-state index contributed by atoms with van der Waals surface area (Å²) in [5.74, 6) is -3.43. The summed E-state index contributed by atoms with van der Waals surface area (Å²) in [5, 5.41) is 37.9. The zero-order chi connectivity index (χ0) is 17.0. The molecule has 124 valence electrons. The van der Waals surface area contributed by atoms with E-state index in [9.17, 15) is 24.9 Å².